The van der Waals surface area contributed by atoms with E-state index in [4.69, 9.17) is 4.74 Å². The second kappa shape index (κ2) is 8.31. The number of amides is 1. The van der Waals surface area contributed by atoms with Crippen LogP contribution in [-0.4, -0.2) is 26.8 Å². The highest BCUT2D eigenvalue weighted by atomic mass is 16.5. The quantitative estimate of drug-likeness (QED) is 0.783. The smallest absolute Gasteiger partial charge is 0.407 e. The molecule has 0 aliphatic heterocycles. The summed E-state index contributed by atoms with van der Waals surface area (Å²) in [6, 6.07) is 9.64. The number of carbonyl (C=O) groups is 1. The number of nitrogens with zero attached hydrogens (tertiary/aromatic N) is 2. The Morgan fingerprint density at radius 2 is 2.13 bits per heavy atom. The zero-order valence-corrected chi connectivity index (χ0v) is 13.7. The van der Waals surface area contributed by atoms with Crippen LogP contribution in [0.15, 0.2) is 36.7 Å². The number of carbonyl (C=O) groups excluding carboxylic acids is 1. The monoisotopic (exact) mass is 316 g/mol. The van der Waals surface area contributed by atoms with Crippen LogP contribution in [0.2, 0.25) is 0 Å². The molecule has 0 aliphatic carbocycles. The van der Waals surface area contributed by atoms with Crippen molar-refractivity contribution < 1.29 is 9.53 Å². The molecule has 0 fully saturated rings. The van der Waals surface area contributed by atoms with Gasteiger partial charge in [-0.25, -0.2) is 9.78 Å². The van der Waals surface area contributed by atoms with E-state index < -0.39 is 11.6 Å². The Kier molecular flexibility index (Phi) is 6.14. The summed E-state index contributed by atoms with van der Waals surface area (Å²) >= 11 is 0. The van der Waals surface area contributed by atoms with Crippen LogP contribution in [0.5, 0.6) is 0 Å². The van der Waals surface area contributed by atoms with Crippen LogP contribution in [0.25, 0.3) is 0 Å². The SMILES string of the molecule is CCCC[C@](C)(Cc1ncn[nH]1)NC(=O)OCc1ccccc1. The molecule has 2 rings (SSSR count). The molecule has 0 spiro atoms. The summed E-state index contributed by atoms with van der Waals surface area (Å²) in [6.45, 7) is 4.40. The third-order valence-electron chi connectivity index (χ3n) is 3.72. The van der Waals surface area contributed by atoms with Crippen molar-refractivity contribution in [2.75, 3.05) is 0 Å². The van der Waals surface area contributed by atoms with Crippen molar-refractivity contribution in [3.63, 3.8) is 0 Å². The van der Waals surface area contributed by atoms with Gasteiger partial charge in [-0.2, -0.15) is 5.10 Å². The molecule has 2 aromatic rings. The fourth-order valence-corrected chi connectivity index (χ4v) is 2.45. The van der Waals surface area contributed by atoms with Gasteiger partial charge >= 0.3 is 6.09 Å². The highest BCUT2D eigenvalue weighted by Gasteiger charge is 2.28. The summed E-state index contributed by atoms with van der Waals surface area (Å²) in [6.07, 6.45) is 4.59. The van der Waals surface area contributed by atoms with Crippen molar-refractivity contribution in [2.45, 2.75) is 51.7 Å². The lowest BCUT2D eigenvalue weighted by Crippen LogP contribution is -2.48. The lowest BCUT2D eigenvalue weighted by Gasteiger charge is -2.29. The lowest BCUT2D eigenvalue weighted by molar-refractivity contribution is 0.125. The van der Waals surface area contributed by atoms with E-state index in [0.29, 0.717) is 6.42 Å². The van der Waals surface area contributed by atoms with Crippen molar-refractivity contribution in [2.24, 2.45) is 0 Å². The van der Waals surface area contributed by atoms with E-state index >= 15 is 0 Å². The Morgan fingerprint density at radius 3 is 2.78 bits per heavy atom. The topological polar surface area (TPSA) is 79.9 Å². The van der Waals surface area contributed by atoms with Gasteiger partial charge in [0.2, 0.25) is 0 Å². The number of hydrogen-bond acceptors (Lipinski definition) is 4. The predicted octanol–water partition coefficient (Wildman–Crippen LogP) is 3.22. The molecule has 6 heteroatoms. The number of H-pyrrole nitrogens is 1. The second-order valence-electron chi connectivity index (χ2n) is 5.96. The fraction of sp³-hybridized carbons (Fsp3) is 0.471. The van der Waals surface area contributed by atoms with Crippen molar-refractivity contribution in [1.29, 1.82) is 0 Å². The van der Waals surface area contributed by atoms with Crippen LogP contribution in [-0.2, 0) is 17.8 Å². The van der Waals surface area contributed by atoms with Gasteiger partial charge < -0.3 is 10.1 Å². The van der Waals surface area contributed by atoms with Crippen LogP contribution < -0.4 is 5.32 Å². The van der Waals surface area contributed by atoms with Gasteiger partial charge in [-0.1, -0.05) is 50.1 Å². The minimum Gasteiger partial charge on any atom is -0.445 e. The molecule has 6 nitrogen and oxygen atoms in total. The van der Waals surface area contributed by atoms with E-state index in [1.54, 1.807) is 0 Å². The van der Waals surface area contributed by atoms with Gasteiger partial charge in [0.15, 0.2) is 0 Å². The molecule has 23 heavy (non-hydrogen) atoms. The minimum atomic E-state index is -0.413. The number of alkyl carbamates (subject to hydrolysis) is 1. The maximum Gasteiger partial charge on any atom is 0.407 e. The summed E-state index contributed by atoms with van der Waals surface area (Å²) in [5.41, 5.74) is 0.552. The summed E-state index contributed by atoms with van der Waals surface area (Å²) in [5, 5.41) is 9.70. The third-order valence-corrected chi connectivity index (χ3v) is 3.72. The van der Waals surface area contributed by atoms with Crippen LogP contribution in [0.3, 0.4) is 0 Å². The zero-order chi connectivity index (χ0) is 16.5. The third kappa shape index (κ3) is 5.73. The van der Waals surface area contributed by atoms with E-state index in [-0.39, 0.29) is 6.61 Å². The van der Waals surface area contributed by atoms with Gasteiger partial charge in [-0.3, -0.25) is 5.10 Å². The van der Waals surface area contributed by atoms with Gasteiger partial charge in [0.05, 0.1) is 0 Å². The van der Waals surface area contributed by atoms with E-state index in [0.717, 1.165) is 30.7 Å². The van der Waals surface area contributed by atoms with Gasteiger partial charge in [0.1, 0.15) is 18.8 Å². The van der Waals surface area contributed by atoms with Crippen molar-refractivity contribution in [3.8, 4) is 0 Å². The lowest BCUT2D eigenvalue weighted by atomic mass is 9.91. The normalized spacial score (nSPS) is 13.3. The van der Waals surface area contributed by atoms with Crippen molar-refractivity contribution in [1.82, 2.24) is 20.5 Å². The Hall–Kier alpha value is -2.37. The molecular formula is C17H24N4O2. The molecule has 124 valence electrons. The number of nitrogens with one attached hydrogen (secondary N) is 2. The van der Waals surface area contributed by atoms with E-state index in [1.807, 2.05) is 37.3 Å². The highest BCUT2D eigenvalue weighted by molar-refractivity contribution is 5.68. The van der Waals surface area contributed by atoms with Crippen LogP contribution >= 0.6 is 0 Å². The van der Waals surface area contributed by atoms with E-state index in [9.17, 15) is 4.79 Å². The molecule has 1 atom stereocenters. The average Bonchev–Trinajstić information content (AvgIpc) is 3.04. The first-order chi connectivity index (χ1) is 11.1. The number of hydrogen-bond donors (Lipinski definition) is 2. The van der Waals surface area contributed by atoms with Gasteiger partial charge in [-0.15, -0.1) is 0 Å². The number of rotatable bonds is 8. The molecule has 0 aliphatic rings. The number of unbranched alkanes of at least 4 members (excludes halogenated alkanes) is 1. The van der Waals surface area contributed by atoms with E-state index in [2.05, 4.69) is 27.4 Å². The summed E-state index contributed by atoms with van der Waals surface area (Å²) in [5.74, 6) is 0.756. The second-order valence-corrected chi connectivity index (χ2v) is 5.96. The fourth-order valence-electron chi connectivity index (χ4n) is 2.45. The Bertz CT molecular complexity index is 586. The van der Waals surface area contributed by atoms with Gasteiger partial charge in [0.25, 0.3) is 0 Å². The number of aromatic nitrogens is 3. The standard InChI is InChI=1S/C17H24N4O2/c1-3-4-10-17(2,11-15-18-13-19-21-15)20-16(22)23-12-14-8-6-5-7-9-14/h5-9,13H,3-4,10-12H2,1-2H3,(H,20,22)(H,18,19,21)/t17-/m1/s1. The number of ether oxygens (including phenoxy) is 1. The van der Waals surface area contributed by atoms with Crippen molar-refractivity contribution in [3.05, 3.63) is 48.0 Å². The van der Waals surface area contributed by atoms with Crippen molar-refractivity contribution >= 4 is 6.09 Å². The zero-order valence-electron chi connectivity index (χ0n) is 13.7. The molecule has 2 N–H and O–H groups in total. The van der Waals surface area contributed by atoms with Gasteiger partial charge in [0, 0.05) is 12.0 Å². The molecule has 1 amide bonds. The molecule has 0 bridgehead atoms. The predicted molar refractivity (Wildman–Crippen MR) is 87.8 cm³/mol. The molecule has 1 aromatic carbocycles. The highest BCUT2D eigenvalue weighted by Crippen LogP contribution is 2.18. The first kappa shape index (κ1) is 17.0. The Morgan fingerprint density at radius 1 is 1.35 bits per heavy atom. The Balaban J connectivity index is 1.91. The van der Waals surface area contributed by atoms with E-state index in [1.165, 1.54) is 6.33 Å². The van der Waals surface area contributed by atoms with Crippen LogP contribution in [0.1, 0.15) is 44.5 Å². The largest absolute Gasteiger partial charge is 0.445 e. The molecule has 0 saturated heterocycles. The van der Waals surface area contributed by atoms with Crippen LogP contribution in [0, 0.1) is 0 Å². The molecule has 1 aromatic heterocycles. The number of aromatic amines is 1. The molecule has 0 unspecified atom stereocenters. The average molecular weight is 316 g/mol. The summed E-state index contributed by atoms with van der Waals surface area (Å²) < 4.78 is 5.33. The molecular weight excluding hydrogens is 292 g/mol. The minimum absolute atomic E-state index is 0.263. The molecule has 0 saturated carbocycles. The Labute approximate surface area is 136 Å². The van der Waals surface area contributed by atoms with Gasteiger partial charge in [-0.05, 0) is 18.9 Å². The number of benzene rings is 1. The maximum atomic E-state index is 12.1. The first-order valence-corrected chi connectivity index (χ1v) is 7.94. The first-order valence-electron chi connectivity index (χ1n) is 7.94. The molecule has 1 heterocycles. The maximum absolute atomic E-state index is 12.1. The molecule has 0 radical (unpaired) electrons. The summed E-state index contributed by atoms with van der Waals surface area (Å²) in [7, 11) is 0. The van der Waals surface area contributed by atoms with Crippen LogP contribution in [0.4, 0.5) is 4.79 Å². The summed E-state index contributed by atoms with van der Waals surface area (Å²) in [4.78, 5) is 16.3.